The molecule has 1 aromatic carbocycles. The van der Waals surface area contributed by atoms with Crippen molar-refractivity contribution in [3.8, 4) is 0 Å². The van der Waals surface area contributed by atoms with Crippen LogP contribution in [0.5, 0.6) is 0 Å². The smallest absolute Gasteiger partial charge is 0.249 e. The summed E-state index contributed by atoms with van der Waals surface area (Å²) in [6.07, 6.45) is 1.76. The second-order valence-electron chi connectivity index (χ2n) is 4.99. The number of hydrogen-bond acceptors (Lipinski definition) is 3. The van der Waals surface area contributed by atoms with Crippen molar-refractivity contribution < 1.29 is 22.3 Å². The minimum Gasteiger partial charge on any atom is -0.391 e. The molecule has 0 spiro atoms. The number of nitrogens with zero attached hydrogens (tertiary/aromatic N) is 1. The Hall–Kier alpha value is -1.05. The van der Waals surface area contributed by atoms with Gasteiger partial charge in [-0.2, -0.15) is 4.31 Å². The predicted octanol–water partition coefficient (Wildman–Crippen LogP) is 1.89. The molecular formula is C13H17F2NO3S. The molecule has 0 aliphatic heterocycles. The summed E-state index contributed by atoms with van der Waals surface area (Å²) >= 11 is 0. The summed E-state index contributed by atoms with van der Waals surface area (Å²) in [6, 6.07) is 2.27. The fourth-order valence-electron chi connectivity index (χ4n) is 2.57. The highest BCUT2D eigenvalue weighted by atomic mass is 32.2. The molecule has 2 atom stereocenters. The van der Waals surface area contributed by atoms with Gasteiger partial charge in [0.2, 0.25) is 10.0 Å². The number of aliphatic hydroxyl groups is 1. The lowest BCUT2D eigenvalue weighted by atomic mass is 9.93. The standard InChI is InChI=1S/C13H17F2NO3S/c1-16(11-7-2-3-8-12(11)17)20(18,19)13-9(14)5-4-6-10(13)15/h4-6,11-12,17H,2-3,7-8H2,1H3. The number of hydrogen-bond donors (Lipinski definition) is 1. The van der Waals surface area contributed by atoms with E-state index in [-0.39, 0.29) is 0 Å². The molecule has 1 saturated carbocycles. The third kappa shape index (κ3) is 2.70. The third-order valence-corrected chi connectivity index (χ3v) is 5.65. The van der Waals surface area contributed by atoms with Crippen LogP contribution >= 0.6 is 0 Å². The van der Waals surface area contributed by atoms with Crippen molar-refractivity contribution in [3.05, 3.63) is 29.8 Å². The minimum atomic E-state index is -4.31. The first-order chi connectivity index (χ1) is 9.35. The summed E-state index contributed by atoms with van der Waals surface area (Å²) < 4.78 is 52.9. The molecular weight excluding hydrogens is 288 g/mol. The molecule has 2 unspecified atom stereocenters. The highest BCUT2D eigenvalue weighted by molar-refractivity contribution is 7.89. The molecule has 7 heteroatoms. The van der Waals surface area contributed by atoms with Crippen molar-refractivity contribution in [2.45, 2.75) is 42.7 Å². The summed E-state index contributed by atoms with van der Waals surface area (Å²) in [6.45, 7) is 0. The van der Waals surface area contributed by atoms with E-state index in [0.717, 1.165) is 35.3 Å². The summed E-state index contributed by atoms with van der Waals surface area (Å²) in [5, 5.41) is 9.89. The number of rotatable bonds is 3. The first kappa shape index (κ1) is 15.3. The second-order valence-corrected chi connectivity index (χ2v) is 6.93. The highest BCUT2D eigenvalue weighted by Crippen LogP contribution is 2.29. The van der Waals surface area contributed by atoms with Crippen molar-refractivity contribution >= 4 is 10.0 Å². The van der Waals surface area contributed by atoms with E-state index in [2.05, 4.69) is 0 Å². The van der Waals surface area contributed by atoms with E-state index >= 15 is 0 Å². The van der Waals surface area contributed by atoms with Gasteiger partial charge in [-0.25, -0.2) is 17.2 Å². The van der Waals surface area contributed by atoms with Gasteiger partial charge in [0, 0.05) is 7.05 Å². The molecule has 1 fully saturated rings. The Labute approximate surface area is 117 Å². The Balaban J connectivity index is 2.39. The lowest BCUT2D eigenvalue weighted by Crippen LogP contribution is -2.46. The van der Waals surface area contributed by atoms with Gasteiger partial charge in [0.25, 0.3) is 0 Å². The van der Waals surface area contributed by atoms with Crippen molar-refractivity contribution in [3.63, 3.8) is 0 Å². The predicted molar refractivity (Wildman–Crippen MR) is 69.6 cm³/mol. The maximum absolute atomic E-state index is 13.7. The molecule has 0 bridgehead atoms. The number of sulfonamides is 1. The molecule has 0 radical (unpaired) electrons. The van der Waals surface area contributed by atoms with Crippen LogP contribution in [-0.2, 0) is 10.0 Å². The number of likely N-dealkylation sites (N-methyl/N-ethyl adjacent to an activating group) is 1. The van der Waals surface area contributed by atoms with E-state index in [4.69, 9.17) is 0 Å². The maximum atomic E-state index is 13.7. The molecule has 1 N–H and O–H groups in total. The molecule has 0 aromatic heterocycles. The van der Waals surface area contributed by atoms with Gasteiger partial charge in [-0.1, -0.05) is 18.9 Å². The van der Waals surface area contributed by atoms with Crippen molar-refractivity contribution in [1.29, 1.82) is 0 Å². The van der Waals surface area contributed by atoms with Gasteiger partial charge in [-0.15, -0.1) is 0 Å². The first-order valence-electron chi connectivity index (χ1n) is 6.46. The second kappa shape index (κ2) is 5.75. The highest BCUT2D eigenvalue weighted by Gasteiger charge is 2.36. The zero-order valence-corrected chi connectivity index (χ0v) is 11.9. The molecule has 0 saturated heterocycles. The Bertz CT molecular complexity index is 571. The minimum absolute atomic E-state index is 0.479. The lowest BCUT2D eigenvalue weighted by molar-refractivity contribution is 0.0636. The van der Waals surface area contributed by atoms with Crippen LogP contribution in [0.2, 0.25) is 0 Å². The van der Waals surface area contributed by atoms with Crippen molar-refractivity contribution in [1.82, 2.24) is 4.31 Å². The Morgan fingerprint density at radius 2 is 1.75 bits per heavy atom. The average molecular weight is 305 g/mol. The van der Waals surface area contributed by atoms with E-state index in [1.54, 1.807) is 0 Å². The van der Waals surface area contributed by atoms with E-state index in [0.29, 0.717) is 12.8 Å². The van der Waals surface area contributed by atoms with E-state index in [1.165, 1.54) is 7.05 Å². The van der Waals surface area contributed by atoms with Gasteiger partial charge in [-0.3, -0.25) is 0 Å². The molecule has 2 rings (SSSR count). The Kier molecular flexibility index (Phi) is 4.41. The van der Waals surface area contributed by atoms with E-state index in [1.807, 2.05) is 0 Å². The third-order valence-electron chi connectivity index (χ3n) is 3.72. The molecule has 20 heavy (non-hydrogen) atoms. The van der Waals surface area contributed by atoms with Gasteiger partial charge in [-0.05, 0) is 25.0 Å². The van der Waals surface area contributed by atoms with Crippen LogP contribution in [0.3, 0.4) is 0 Å². The summed E-state index contributed by atoms with van der Waals surface area (Å²) in [4.78, 5) is -0.958. The molecule has 112 valence electrons. The first-order valence-corrected chi connectivity index (χ1v) is 7.90. The Morgan fingerprint density at radius 1 is 1.20 bits per heavy atom. The van der Waals surface area contributed by atoms with Crippen LogP contribution in [-0.4, -0.2) is 37.0 Å². The van der Waals surface area contributed by atoms with E-state index in [9.17, 15) is 22.3 Å². The molecule has 4 nitrogen and oxygen atoms in total. The largest absolute Gasteiger partial charge is 0.391 e. The summed E-state index contributed by atoms with van der Waals surface area (Å²) in [5.41, 5.74) is 0. The fourth-order valence-corrected chi connectivity index (χ4v) is 4.09. The van der Waals surface area contributed by atoms with Crippen molar-refractivity contribution in [2.75, 3.05) is 7.05 Å². The molecule has 0 heterocycles. The molecule has 1 aliphatic carbocycles. The number of halogens is 2. The van der Waals surface area contributed by atoms with E-state index < -0.39 is 38.7 Å². The molecule has 1 aliphatic rings. The molecule has 0 amide bonds. The number of benzene rings is 1. The van der Waals surface area contributed by atoms with Gasteiger partial charge in [0.15, 0.2) is 4.90 Å². The summed E-state index contributed by atoms with van der Waals surface area (Å²) in [7, 11) is -3.06. The number of aliphatic hydroxyl groups excluding tert-OH is 1. The maximum Gasteiger partial charge on any atom is 0.249 e. The zero-order chi connectivity index (χ0) is 14.9. The van der Waals surface area contributed by atoms with Gasteiger partial charge >= 0.3 is 0 Å². The SMILES string of the molecule is CN(C1CCCCC1O)S(=O)(=O)c1c(F)cccc1F. The van der Waals surface area contributed by atoms with Crippen LogP contribution in [0, 0.1) is 11.6 Å². The van der Waals surface area contributed by atoms with Crippen LogP contribution in [0.4, 0.5) is 8.78 Å². The van der Waals surface area contributed by atoms with Crippen LogP contribution in [0.1, 0.15) is 25.7 Å². The normalized spacial score (nSPS) is 24.1. The van der Waals surface area contributed by atoms with Crippen LogP contribution < -0.4 is 0 Å². The molecule has 1 aromatic rings. The average Bonchev–Trinajstić information content (AvgIpc) is 2.38. The van der Waals surface area contributed by atoms with Gasteiger partial charge in [0.05, 0.1) is 12.1 Å². The quantitative estimate of drug-likeness (QED) is 0.928. The fraction of sp³-hybridized carbons (Fsp3) is 0.538. The lowest BCUT2D eigenvalue weighted by Gasteiger charge is -2.34. The topological polar surface area (TPSA) is 57.6 Å². The van der Waals surface area contributed by atoms with Crippen LogP contribution in [0.25, 0.3) is 0 Å². The van der Waals surface area contributed by atoms with Crippen molar-refractivity contribution in [2.24, 2.45) is 0 Å². The Morgan fingerprint density at radius 3 is 2.30 bits per heavy atom. The van der Waals surface area contributed by atoms with Crippen LogP contribution in [0.15, 0.2) is 23.1 Å². The van der Waals surface area contributed by atoms with Gasteiger partial charge < -0.3 is 5.11 Å². The summed E-state index contributed by atoms with van der Waals surface area (Å²) in [5.74, 6) is -2.25. The van der Waals surface area contributed by atoms with Gasteiger partial charge in [0.1, 0.15) is 11.6 Å². The zero-order valence-electron chi connectivity index (χ0n) is 11.1. The monoisotopic (exact) mass is 305 g/mol.